The van der Waals surface area contributed by atoms with Crippen molar-refractivity contribution in [1.29, 1.82) is 0 Å². The minimum atomic E-state index is -0.275. The zero-order valence-electron chi connectivity index (χ0n) is 12.0. The second-order valence-corrected chi connectivity index (χ2v) is 5.34. The van der Waals surface area contributed by atoms with Crippen molar-refractivity contribution >= 4 is 23.5 Å². The number of fused-ring (bicyclic) bond motifs is 1. The van der Waals surface area contributed by atoms with Gasteiger partial charge in [-0.3, -0.25) is 4.79 Å². The molecule has 0 fully saturated rings. The van der Waals surface area contributed by atoms with Crippen molar-refractivity contribution in [3.63, 3.8) is 0 Å². The van der Waals surface area contributed by atoms with Gasteiger partial charge in [-0.2, -0.15) is 9.50 Å². The zero-order chi connectivity index (χ0) is 15.4. The average Bonchev–Trinajstić information content (AvgIpc) is 2.97. The number of nitrogens with zero attached hydrogens (tertiary/aromatic N) is 4. The van der Waals surface area contributed by atoms with Gasteiger partial charge in [0.25, 0.3) is 5.78 Å². The maximum Gasteiger partial charge on any atom is 0.316 e. The van der Waals surface area contributed by atoms with Gasteiger partial charge in [-0.1, -0.05) is 42.1 Å². The lowest BCUT2D eigenvalue weighted by atomic mass is 10.1. The van der Waals surface area contributed by atoms with Crippen LogP contribution in [0, 0.1) is 0 Å². The Bertz CT molecular complexity index is 789. The van der Waals surface area contributed by atoms with E-state index in [1.165, 1.54) is 11.8 Å². The Morgan fingerprint density at radius 3 is 2.86 bits per heavy atom. The molecule has 0 N–H and O–H groups in total. The molecule has 0 spiro atoms. The Kier molecular flexibility index (Phi) is 4.34. The van der Waals surface area contributed by atoms with Crippen molar-refractivity contribution in [2.75, 3.05) is 12.4 Å². The van der Waals surface area contributed by atoms with E-state index in [-0.39, 0.29) is 11.7 Å². The molecule has 22 heavy (non-hydrogen) atoms. The normalized spacial score (nSPS) is 10.8. The molecule has 0 saturated carbocycles. The van der Waals surface area contributed by atoms with E-state index >= 15 is 0 Å². The molecule has 6 nitrogen and oxygen atoms in total. The number of rotatable bonds is 5. The van der Waals surface area contributed by atoms with Crippen LogP contribution in [0.15, 0.2) is 47.8 Å². The number of aromatic nitrogens is 4. The molecule has 0 unspecified atom stereocenters. The summed E-state index contributed by atoms with van der Waals surface area (Å²) in [4.78, 5) is 19.9. The lowest BCUT2D eigenvalue weighted by Crippen LogP contribution is -2.06. The van der Waals surface area contributed by atoms with Crippen LogP contribution in [0.3, 0.4) is 0 Å². The number of ether oxygens (including phenoxy) is 1. The van der Waals surface area contributed by atoms with Crippen LogP contribution in [0.4, 0.5) is 0 Å². The highest BCUT2D eigenvalue weighted by Gasteiger charge is 2.12. The topological polar surface area (TPSA) is 69.4 Å². The Labute approximate surface area is 131 Å². The summed E-state index contributed by atoms with van der Waals surface area (Å²) >= 11 is 1.24. The zero-order valence-corrected chi connectivity index (χ0v) is 12.8. The van der Waals surface area contributed by atoms with Crippen molar-refractivity contribution < 1.29 is 9.53 Å². The minimum absolute atomic E-state index is 0.186. The second kappa shape index (κ2) is 6.57. The molecule has 1 aromatic carbocycles. The van der Waals surface area contributed by atoms with Crippen molar-refractivity contribution in [3.05, 3.63) is 42.6 Å². The predicted octanol–water partition coefficient (Wildman–Crippen LogP) is 2.45. The largest absolute Gasteiger partial charge is 0.465 e. The molecular formula is C15H14N4O2S. The summed E-state index contributed by atoms with van der Waals surface area (Å²) in [5, 5.41) is 4.92. The van der Waals surface area contributed by atoms with E-state index in [9.17, 15) is 4.79 Å². The van der Waals surface area contributed by atoms with Crippen LogP contribution >= 0.6 is 11.8 Å². The van der Waals surface area contributed by atoms with Gasteiger partial charge in [0.1, 0.15) is 0 Å². The highest BCUT2D eigenvalue weighted by molar-refractivity contribution is 7.99. The van der Waals surface area contributed by atoms with E-state index in [4.69, 9.17) is 4.74 Å². The quantitative estimate of drug-likeness (QED) is 0.532. The standard InChI is InChI=1S/C15H14N4O2S/c1-2-21-13(20)10-22-15-17-14-16-9-8-12(19(14)18-15)11-6-4-3-5-7-11/h3-9H,2,10H2,1H3. The first-order valence-corrected chi connectivity index (χ1v) is 7.82. The summed E-state index contributed by atoms with van der Waals surface area (Å²) in [6.45, 7) is 2.15. The van der Waals surface area contributed by atoms with E-state index in [0.717, 1.165) is 11.3 Å². The summed E-state index contributed by atoms with van der Waals surface area (Å²) in [6.07, 6.45) is 1.70. The highest BCUT2D eigenvalue weighted by Crippen LogP contribution is 2.21. The summed E-state index contributed by atoms with van der Waals surface area (Å²) in [7, 11) is 0. The smallest absolute Gasteiger partial charge is 0.316 e. The molecule has 0 saturated heterocycles. The van der Waals surface area contributed by atoms with Crippen LogP contribution in [0.25, 0.3) is 17.0 Å². The molecule has 0 atom stereocenters. The Morgan fingerprint density at radius 1 is 1.27 bits per heavy atom. The number of carbonyl (C=O) groups excluding carboxylic acids is 1. The number of benzene rings is 1. The summed E-state index contributed by atoms with van der Waals surface area (Å²) in [5.41, 5.74) is 1.93. The first kappa shape index (κ1) is 14.5. The van der Waals surface area contributed by atoms with E-state index in [1.807, 2.05) is 36.4 Å². The van der Waals surface area contributed by atoms with Crippen LogP contribution in [-0.4, -0.2) is 37.9 Å². The molecule has 3 rings (SSSR count). The molecule has 2 heterocycles. The van der Waals surface area contributed by atoms with Crippen LogP contribution < -0.4 is 0 Å². The van der Waals surface area contributed by atoms with E-state index in [2.05, 4.69) is 15.1 Å². The molecular weight excluding hydrogens is 300 g/mol. The van der Waals surface area contributed by atoms with Crippen molar-refractivity contribution in [2.24, 2.45) is 0 Å². The molecule has 0 amide bonds. The first-order valence-electron chi connectivity index (χ1n) is 6.83. The number of thioether (sulfide) groups is 1. The van der Waals surface area contributed by atoms with E-state index < -0.39 is 0 Å². The molecule has 0 aliphatic carbocycles. The Hall–Kier alpha value is -2.41. The van der Waals surface area contributed by atoms with Gasteiger partial charge in [0.15, 0.2) is 0 Å². The van der Waals surface area contributed by atoms with Gasteiger partial charge < -0.3 is 4.74 Å². The predicted molar refractivity (Wildman–Crippen MR) is 83.6 cm³/mol. The van der Waals surface area contributed by atoms with Crippen molar-refractivity contribution in [1.82, 2.24) is 19.6 Å². The number of hydrogen-bond acceptors (Lipinski definition) is 6. The Morgan fingerprint density at radius 2 is 2.09 bits per heavy atom. The SMILES string of the molecule is CCOC(=O)CSc1nc2nccc(-c3ccccc3)n2n1. The molecule has 0 radical (unpaired) electrons. The van der Waals surface area contributed by atoms with Crippen LogP contribution in [0.2, 0.25) is 0 Å². The third-order valence-corrected chi connectivity index (χ3v) is 3.73. The molecule has 3 aromatic rings. The minimum Gasteiger partial charge on any atom is -0.465 e. The average molecular weight is 314 g/mol. The van der Waals surface area contributed by atoms with E-state index in [0.29, 0.717) is 17.5 Å². The molecule has 112 valence electrons. The number of hydrogen-bond donors (Lipinski definition) is 0. The molecule has 0 bridgehead atoms. The third-order valence-electron chi connectivity index (χ3n) is 2.92. The molecule has 0 aliphatic rings. The fraction of sp³-hybridized carbons (Fsp3) is 0.200. The summed E-state index contributed by atoms with van der Waals surface area (Å²) in [6, 6.07) is 11.8. The van der Waals surface area contributed by atoms with Crippen molar-refractivity contribution in [3.8, 4) is 11.3 Å². The lowest BCUT2D eigenvalue weighted by Gasteiger charge is -2.02. The highest BCUT2D eigenvalue weighted by atomic mass is 32.2. The van der Waals surface area contributed by atoms with Crippen LogP contribution in [-0.2, 0) is 9.53 Å². The van der Waals surface area contributed by atoms with Gasteiger partial charge >= 0.3 is 5.97 Å². The summed E-state index contributed by atoms with van der Waals surface area (Å²) < 4.78 is 6.58. The van der Waals surface area contributed by atoms with Crippen LogP contribution in [0.5, 0.6) is 0 Å². The molecule has 7 heteroatoms. The lowest BCUT2D eigenvalue weighted by molar-refractivity contribution is -0.139. The summed E-state index contributed by atoms with van der Waals surface area (Å²) in [5.74, 6) is 0.418. The number of carbonyl (C=O) groups is 1. The third kappa shape index (κ3) is 3.09. The monoisotopic (exact) mass is 314 g/mol. The van der Waals surface area contributed by atoms with Gasteiger partial charge in [0.2, 0.25) is 5.16 Å². The molecule has 0 aliphatic heterocycles. The molecule has 2 aromatic heterocycles. The number of esters is 1. The maximum atomic E-state index is 11.4. The van der Waals surface area contributed by atoms with Gasteiger partial charge in [0, 0.05) is 11.8 Å². The van der Waals surface area contributed by atoms with Crippen molar-refractivity contribution in [2.45, 2.75) is 12.1 Å². The van der Waals surface area contributed by atoms with Crippen LogP contribution in [0.1, 0.15) is 6.92 Å². The van der Waals surface area contributed by atoms with Gasteiger partial charge in [-0.25, -0.2) is 4.98 Å². The second-order valence-electron chi connectivity index (χ2n) is 4.40. The maximum absolute atomic E-state index is 11.4. The van der Waals surface area contributed by atoms with Gasteiger partial charge in [0.05, 0.1) is 18.1 Å². The fourth-order valence-corrected chi connectivity index (χ4v) is 2.61. The fourth-order valence-electron chi connectivity index (χ4n) is 1.99. The first-order chi connectivity index (χ1) is 10.8. The van der Waals surface area contributed by atoms with Gasteiger partial charge in [-0.15, -0.1) is 5.10 Å². The van der Waals surface area contributed by atoms with Gasteiger partial charge in [-0.05, 0) is 13.0 Å². The van der Waals surface area contributed by atoms with E-state index in [1.54, 1.807) is 17.6 Å². The Balaban J connectivity index is 1.89.